The van der Waals surface area contributed by atoms with Gasteiger partial charge < -0.3 is 5.11 Å². The van der Waals surface area contributed by atoms with Crippen LogP contribution >= 0.6 is 0 Å². The van der Waals surface area contributed by atoms with Crippen LogP contribution in [0.2, 0.25) is 0 Å². The van der Waals surface area contributed by atoms with Crippen LogP contribution in [-0.2, 0) is 9.59 Å². The van der Waals surface area contributed by atoms with Gasteiger partial charge in [-0.3, -0.25) is 9.59 Å². The molecule has 8 unspecified atom stereocenters. The second kappa shape index (κ2) is 9.72. The average molecular weight is 445 g/mol. The molecule has 0 spiro atoms. The molecule has 8 atom stereocenters. The van der Waals surface area contributed by atoms with E-state index < -0.39 is 6.10 Å². The van der Waals surface area contributed by atoms with Crippen molar-refractivity contribution in [3.05, 3.63) is 12.2 Å². The van der Waals surface area contributed by atoms with E-state index in [-0.39, 0.29) is 22.7 Å². The molecule has 0 aromatic heterocycles. The minimum absolute atomic E-state index is 0.00681. The molecular formula is C29H48O3. The number of rotatable bonds is 8. The highest BCUT2D eigenvalue weighted by atomic mass is 16.3. The van der Waals surface area contributed by atoms with Crippen LogP contribution in [0.1, 0.15) is 106 Å². The summed E-state index contributed by atoms with van der Waals surface area (Å²) in [6, 6.07) is 0. The predicted octanol–water partition coefficient (Wildman–Crippen LogP) is 6.77. The van der Waals surface area contributed by atoms with E-state index in [9.17, 15) is 14.7 Å². The van der Waals surface area contributed by atoms with Gasteiger partial charge in [-0.25, -0.2) is 0 Å². The van der Waals surface area contributed by atoms with Crippen LogP contribution in [0, 0.1) is 46.3 Å². The second-order valence-electron chi connectivity index (χ2n) is 12.5. The number of hydrogen-bond donors (Lipinski definition) is 1. The molecule has 3 heteroatoms. The van der Waals surface area contributed by atoms with Gasteiger partial charge in [-0.05, 0) is 79.1 Å². The summed E-state index contributed by atoms with van der Waals surface area (Å²) in [7, 11) is 0. The Bertz CT molecular complexity index is 724. The summed E-state index contributed by atoms with van der Waals surface area (Å²) in [5.74, 6) is 3.40. The van der Waals surface area contributed by atoms with Gasteiger partial charge in [0.2, 0.25) is 0 Å². The molecule has 1 N–H and O–H groups in total. The normalized spacial score (nSPS) is 39.9. The lowest BCUT2D eigenvalue weighted by Crippen LogP contribution is -2.49. The van der Waals surface area contributed by atoms with Gasteiger partial charge in [-0.15, -0.1) is 0 Å². The van der Waals surface area contributed by atoms with E-state index >= 15 is 0 Å². The summed E-state index contributed by atoms with van der Waals surface area (Å²) in [5, 5.41) is 10.4. The van der Waals surface area contributed by atoms with Gasteiger partial charge in [0.25, 0.3) is 0 Å². The minimum Gasteiger partial charge on any atom is -0.389 e. The van der Waals surface area contributed by atoms with Gasteiger partial charge in [-0.1, -0.05) is 61.0 Å². The van der Waals surface area contributed by atoms with Crippen LogP contribution in [0.25, 0.3) is 0 Å². The van der Waals surface area contributed by atoms with Crippen molar-refractivity contribution >= 4 is 11.6 Å². The van der Waals surface area contributed by atoms with E-state index in [0.29, 0.717) is 54.5 Å². The van der Waals surface area contributed by atoms with E-state index in [1.165, 1.54) is 12.8 Å². The molecule has 0 saturated heterocycles. The summed E-state index contributed by atoms with van der Waals surface area (Å²) < 4.78 is 0. The molecule has 3 fully saturated rings. The quantitative estimate of drug-likeness (QED) is 0.420. The van der Waals surface area contributed by atoms with Crippen molar-refractivity contribution in [2.75, 3.05) is 0 Å². The van der Waals surface area contributed by atoms with E-state index in [1.807, 2.05) is 0 Å². The van der Waals surface area contributed by atoms with Gasteiger partial charge in [0.1, 0.15) is 11.6 Å². The molecule has 0 amide bonds. The Hall–Kier alpha value is -0.960. The molecule has 0 heterocycles. The Labute approximate surface area is 196 Å². The number of aliphatic hydroxyl groups is 1. The molecule has 3 nitrogen and oxygen atoms in total. The largest absolute Gasteiger partial charge is 0.389 e. The minimum atomic E-state index is -0.422. The van der Waals surface area contributed by atoms with Crippen LogP contribution in [-0.4, -0.2) is 22.8 Å². The number of hydrogen-bond acceptors (Lipinski definition) is 3. The first-order chi connectivity index (χ1) is 14.9. The van der Waals surface area contributed by atoms with Crippen molar-refractivity contribution in [2.24, 2.45) is 46.3 Å². The molecule has 182 valence electrons. The first-order valence-corrected chi connectivity index (χ1v) is 13.3. The summed E-state index contributed by atoms with van der Waals surface area (Å²) in [4.78, 5) is 26.2. The lowest BCUT2D eigenvalue weighted by atomic mass is 9.52. The van der Waals surface area contributed by atoms with Crippen LogP contribution in [0.4, 0.5) is 0 Å². The van der Waals surface area contributed by atoms with Gasteiger partial charge in [0.05, 0.1) is 6.10 Å². The molecule has 0 bridgehead atoms. The zero-order valence-corrected chi connectivity index (χ0v) is 21.6. The maximum absolute atomic E-state index is 13.1. The molecule has 3 saturated carbocycles. The first-order valence-electron chi connectivity index (χ1n) is 13.3. The number of Topliss-reactive ketones (excluding diaryl/α,β-unsaturated/α-hetero) is 2. The molecule has 0 aromatic carbocycles. The SMILES string of the molecule is C=C1C(O)CCC2(C)C1CCC(=O)C2CCC1(C)C(=O)CCC1C(C)CCC(C)C(C)C. The fourth-order valence-electron chi connectivity index (χ4n) is 7.55. The van der Waals surface area contributed by atoms with E-state index in [0.717, 1.165) is 37.7 Å². The van der Waals surface area contributed by atoms with Crippen LogP contribution in [0.3, 0.4) is 0 Å². The lowest BCUT2D eigenvalue weighted by Gasteiger charge is -2.52. The highest BCUT2D eigenvalue weighted by molar-refractivity contribution is 5.87. The average Bonchev–Trinajstić information content (AvgIpc) is 3.03. The van der Waals surface area contributed by atoms with Crippen molar-refractivity contribution in [3.8, 4) is 0 Å². The number of carbonyl (C=O) groups excluding carboxylic acids is 2. The first kappa shape index (κ1) is 25.7. The van der Waals surface area contributed by atoms with Gasteiger partial charge >= 0.3 is 0 Å². The van der Waals surface area contributed by atoms with E-state index in [2.05, 4.69) is 48.1 Å². The van der Waals surface area contributed by atoms with Gasteiger partial charge in [-0.2, -0.15) is 0 Å². The fraction of sp³-hybridized carbons (Fsp3) is 0.862. The zero-order chi connectivity index (χ0) is 23.8. The predicted molar refractivity (Wildman–Crippen MR) is 131 cm³/mol. The number of ketones is 2. The number of carbonyl (C=O) groups is 2. The third kappa shape index (κ3) is 4.65. The van der Waals surface area contributed by atoms with Crippen LogP contribution in [0.15, 0.2) is 12.2 Å². The van der Waals surface area contributed by atoms with Crippen molar-refractivity contribution in [3.63, 3.8) is 0 Å². The molecular weight excluding hydrogens is 396 g/mol. The standard InChI is InChI=1S/C29H48O3/c1-18(2)19(3)8-9-20(4)22-11-13-27(32)29(22,7)16-14-24-26(31)12-10-23-21(5)25(30)15-17-28(23,24)6/h18-20,22-25,30H,5,8-17H2,1-4,6-7H3. The highest BCUT2D eigenvalue weighted by Crippen LogP contribution is 2.57. The Kier molecular flexibility index (Phi) is 7.80. The molecule has 0 aromatic rings. The Morgan fingerprint density at radius 3 is 2.38 bits per heavy atom. The molecule has 0 aliphatic heterocycles. The van der Waals surface area contributed by atoms with Crippen LogP contribution in [0.5, 0.6) is 0 Å². The lowest BCUT2D eigenvalue weighted by molar-refractivity contribution is -0.137. The highest BCUT2D eigenvalue weighted by Gasteiger charge is 2.53. The van der Waals surface area contributed by atoms with Crippen molar-refractivity contribution in [1.82, 2.24) is 0 Å². The Morgan fingerprint density at radius 2 is 1.72 bits per heavy atom. The summed E-state index contributed by atoms with van der Waals surface area (Å²) >= 11 is 0. The van der Waals surface area contributed by atoms with E-state index in [1.54, 1.807) is 0 Å². The summed E-state index contributed by atoms with van der Waals surface area (Å²) in [6.07, 6.45) is 8.34. The molecule has 3 aliphatic carbocycles. The third-order valence-corrected chi connectivity index (χ3v) is 10.5. The smallest absolute Gasteiger partial charge is 0.139 e. The van der Waals surface area contributed by atoms with Crippen molar-refractivity contribution in [2.45, 2.75) is 112 Å². The maximum Gasteiger partial charge on any atom is 0.139 e. The molecule has 32 heavy (non-hydrogen) atoms. The summed E-state index contributed by atoms with van der Waals surface area (Å²) in [6.45, 7) is 18.0. The van der Waals surface area contributed by atoms with Gasteiger partial charge in [0, 0.05) is 24.2 Å². The monoisotopic (exact) mass is 444 g/mol. The zero-order valence-electron chi connectivity index (χ0n) is 21.6. The van der Waals surface area contributed by atoms with Crippen LogP contribution < -0.4 is 0 Å². The molecule has 3 aliphatic rings. The second-order valence-corrected chi connectivity index (χ2v) is 12.5. The van der Waals surface area contributed by atoms with Crippen molar-refractivity contribution < 1.29 is 14.7 Å². The summed E-state index contributed by atoms with van der Waals surface area (Å²) in [5.41, 5.74) is 0.525. The van der Waals surface area contributed by atoms with Gasteiger partial charge in [0.15, 0.2) is 0 Å². The number of fused-ring (bicyclic) bond motifs is 1. The third-order valence-electron chi connectivity index (χ3n) is 10.5. The van der Waals surface area contributed by atoms with E-state index in [4.69, 9.17) is 0 Å². The molecule has 3 rings (SSSR count). The maximum atomic E-state index is 13.1. The Balaban J connectivity index is 1.72. The Morgan fingerprint density at radius 1 is 1.03 bits per heavy atom. The topological polar surface area (TPSA) is 54.4 Å². The fourth-order valence-corrected chi connectivity index (χ4v) is 7.55. The van der Waals surface area contributed by atoms with Crippen molar-refractivity contribution in [1.29, 1.82) is 0 Å². The molecule has 0 radical (unpaired) electrons. The number of aliphatic hydroxyl groups excluding tert-OH is 1.